The lowest BCUT2D eigenvalue weighted by Gasteiger charge is -2.10. The van der Waals surface area contributed by atoms with Crippen LogP contribution in [0.15, 0.2) is 0 Å². The fourth-order valence-corrected chi connectivity index (χ4v) is 1.67. The lowest BCUT2D eigenvalue weighted by molar-refractivity contribution is -0.384. The van der Waals surface area contributed by atoms with Gasteiger partial charge in [0.25, 0.3) is 0 Å². The van der Waals surface area contributed by atoms with Crippen molar-refractivity contribution in [3.8, 4) is 0 Å². The van der Waals surface area contributed by atoms with Crippen LogP contribution < -0.4 is 5.32 Å². The largest absolute Gasteiger partial charge is 0.364 e. The summed E-state index contributed by atoms with van der Waals surface area (Å²) in [7, 11) is 5.70. The van der Waals surface area contributed by atoms with Crippen molar-refractivity contribution in [1.82, 2.24) is 14.7 Å². The summed E-state index contributed by atoms with van der Waals surface area (Å²) >= 11 is 0. The highest BCUT2D eigenvalue weighted by Gasteiger charge is 2.23. The maximum atomic E-state index is 10.9. The molecule has 0 aromatic carbocycles. The molecule has 0 atom stereocenters. The highest BCUT2D eigenvalue weighted by Crippen LogP contribution is 2.26. The van der Waals surface area contributed by atoms with Crippen LogP contribution in [0.2, 0.25) is 0 Å². The van der Waals surface area contributed by atoms with Crippen LogP contribution >= 0.6 is 0 Å². The van der Waals surface area contributed by atoms with E-state index in [1.54, 1.807) is 14.0 Å². The number of nitrogens with zero attached hydrogens (tertiary/aromatic N) is 4. The van der Waals surface area contributed by atoms with Gasteiger partial charge in [0.2, 0.25) is 5.82 Å². The molecule has 0 fully saturated rings. The SMILES string of the molecule is Cc1nn(C)c(NCCCN(C)C)c1[N+](=O)[O-]. The Morgan fingerprint density at radius 2 is 2.18 bits per heavy atom. The average Bonchev–Trinajstić information content (AvgIpc) is 2.48. The number of hydrogen-bond donors (Lipinski definition) is 1. The van der Waals surface area contributed by atoms with Crippen LogP contribution in [0.3, 0.4) is 0 Å². The zero-order valence-electron chi connectivity index (χ0n) is 10.7. The minimum atomic E-state index is -0.392. The fraction of sp³-hybridized carbons (Fsp3) is 0.700. The minimum absolute atomic E-state index is 0.0670. The number of rotatable bonds is 6. The van der Waals surface area contributed by atoms with Crippen molar-refractivity contribution >= 4 is 11.5 Å². The first-order valence-corrected chi connectivity index (χ1v) is 5.50. The molecule has 0 unspecified atom stereocenters. The van der Waals surface area contributed by atoms with Crippen LogP contribution in [0.1, 0.15) is 12.1 Å². The van der Waals surface area contributed by atoms with Crippen LogP contribution in [0.25, 0.3) is 0 Å². The van der Waals surface area contributed by atoms with E-state index in [0.29, 0.717) is 18.1 Å². The van der Waals surface area contributed by atoms with Gasteiger partial charge in [0.15, 0.2) is 0 Å². The predicted molar refractivity (Wildman–Crippen MR) is 66.3 cm³/mol. The van der Waals surface area contributed by atoms with Gasteiger partial charge in [-0.1, -0.05) is 0 Å². The molecule has 0 aliphatic heterocycles. The number of hydrogen-bond acceptors (Lipinski definition) is 5. The summed E-state index contributed by atoms with van der Waals surface area (Å²) in [5, 5.41) is 18.0. The number of anilines is 1. The summed E-state index contributed by atoms with van der Waals surface area (Å²) in [4.78, 5) is 12.6. The van der Waals surface area contributed by atoms with E-state index in [1.807, 2.05) is 14.1 Å². The van der Waals surface area contributed by atoms with Gasteiger partial charge >= 0.3 is 5.69 Å². The van der Waals surface area contributed by atoms with Gasteiger partial charge in [0, 0.05) is 13.6 Å². The van der Waals surface area contributed by atoms with Gasteiger partial charge in [-0.25, -0.2) is 4.68 Å². The van der Waals surface area contributed by atoms with Crippen molar-refractivity contribution < 1.29 is 4.92 Å². The predicted octanol–water partition coefficient (Wildman–Crippen LogP) is 1.00. The van der Waals surface area contributed by atoms with Gasteiger partial charge in [-0.15, -0.1) is 0 Å². The Bertz CT molecular complexity index is 400. The minimum Gasteiger partial charge on any atom is -0.364 e. The number of nitro groups is 1. The summed E-state index contributed by atoms with van der Waals surface area (Å²) in [6.07, 6.45) is 0.925. The van der Waals surface area contributed by atoms with Gasteiger partial charge in [-0.3, -0.25) is 10.1 Å². The molecule has 0 saturated carbocycles. The van der Waals surface area contributed by atoms with E-state index in [0.717, 1.165) is 13.0 Å². The highest BCUT2D eigenvalue weighted by atomic mass is 16.6. The van der Waals surface area contributed by atoms with Crippen LogP contribution in [0.5, 0.6) is 0 Å². The molecule has 0 bridgehead atoms. The molecule has 1 aromatic heterocycles. The van der Waals surface area contributed by atoms with Crippen LogP contribution in [-0.4, -0.2) is 46.8 Å². The third-order valence-electron chi connectivity index (χ3n) is 2.45. The second kappa shape index (κ2) is 5.62. The molecule has 17 heavy (non-hydrogen) atoms. The first-order valence-electron chi connectivity index (χ1n) is 5.50. The standard InChI is InChI=1S/C10H19N5O2/c1-8-9(15(16)17)10(14(4)12-8)11-6-5-7-13(2)3/h11H,5-7H2,1-4H3. The van der Waals surface area contributed by atoms with Gasteiger partial charge in [0.05, 0.1) is 4.92 Å². The first-order chi connectivity index (χ1) is 7.93. The Hall–Kier alpha value is -1.63. The summed E-state index contributed by atoms with van der Waals surface area (Å²) in [6, 6.07) is 0. The topological polar surface area (TPSA) is 76.2 Å². The number of aromatic nitrogens is 2. The van der Waals surface area contributed by atoms with E-state index in [9.17, 15) is 10.1 Å². The molecule has 0 spiro atoms. The van der Waals surface area contributed by atoms with E-state index < -0.39 is 4.92 Å². The van der Waals surface area contributed by atoms with E-state index in [1.165, 1.54) is 4.68 Å². The van der Waals surface area contributed by atoms with E-state index in [-0.39, 0.29) is 5.69 Å². The molecule has 1 N–H and O–H groups in total. The summed E-state index contributed by atoms with van der Waals surface area (Å²) in [5.74, 6) is 0.478. The smallest absolute Gasteiger partial charge is 0.333 e. The monoisotopic (exact) mass is 241 g/mol. The Kier molecular flexibility index (Phi) is 4.45. The zero-order chi connectivity index (χ0) is 13.0. The van der Waals surface area contributed by atoms with Gasteiger partial charge in [-0.05, 0) is 34.0 Å². The van der Waals surface area contributed by atoms with Crippen molar-refractivity contribution in [2.75, 3.05) is 32.5 Å². The van der Waals surface area contributed by atoms with Gasteiger partial charge < -0.3 is 10.2 Å². The second-order valence-electron chi connectivity index (χ2n) is 4.25. The van der Waals surface area contributed by atoms with E-state index >= 15 is 0 Å². The molecule has 0 radical (unpaired) electrons. The molecule has 0 aliphatic rings. The molecule has 1 heterocycles. The molecule has 1 rings (SSSR count). The second-order valence-corrected chi connectivity index (χ2v) is 4.25. The molecule has 7 nitrogen and oxygen atoms in total. The Balaban J connectivity index is 2.67. The molecule has 0 aliphatic carbocycles. The molecule has 0 amide bonds. The van der Waals surface area contributed by atoms with Crippen molar-refractivity contribution in [3.05, 3.63) is 15.8 Å². The third-order valence-corrected chi connectivity index (χ3v) is 2.45. The van der Waals surface area contributed by atoms with E-state index in [4.69, 9.17) is 0 Å². The Morgan fingerprint density at radius 3 is 2.71 bits per heavy atom. The molecular weight excluding hydrogens is 222 g/mol. The third kappa shape index (κ3) is 3.42. The number of nitrogens with one attached hydrogen (secondary N) is 1. The lowest BCUT2D eigenvalue weighted by Crippen LogP contribution is -2.17. The maximum absolute atomic E-state index is 10.9. The highest BCUT2D eigenvalue weighted by molar-refractivity contribution is 5.59. The van der Waals surface area contributed by atoms with Crippen molar-refractivity contribution in [2.45, 2.75) is 13.3 Å². The van der Waals surface area contributed by atoms with Gasteiger partial charge in [-0.2, -0.15) is 5.10 Å². The molecule has 1 aromatic rings. The lowest BCUT2D eigenvalue weighted by atomic mass is 10.3. The normalized spacial score (nSPS) is 10.9. The molecule has 96 valence electrons. The quantitative estimate of drug-likeness (QED) is 0.457. The van der Waals surface area contributed by atoms with Crippen LogP contribution in [0.4, 0.5) is 11.5 Å². The number of aryl methyl sites for hydroxylation is 2. The maximum Gasteiger partial charge on any atom is 0.333 e. The first kappa shape index (κ1) is 13.4. The van der Waals surface area contributed by atoms with Crippen molar-refractivity contribution in [2.24, 2.45) is 7.05 Å². The Labute approximate surface area is 101 Å². The molecule has 0 saturated heterocycles. The average molecular weight is 241 g/mol. The van der Waals surface area contributed by atoms with E-state index in [2.05, 4.69) is 15.3 Å². The van der Waals surface area contributed by atoms with Crippen molar-refractivity contribution in [3.63, 3.8) is 0 Å². The van der Waals surface area contributed by atoms with Crippen LogP contribution in [0, 0.1) is 17.0 Å². The van der Waals surface area contributed by atoms with Gasteiger partial charge in [0.1, 0.15) is 5.69 Å². The van der Waals surface area contributed by atoms with Crippen LogP contribution in [-0.2, 0) is 7.05 Å². The fourth-order valence-electron chi connectivity index (χ4n) is 1.67. The Morgan fingerprint density at radius 1 is 1.53 bits per heavy atom. The summed E-state index contributed by atoms with van der Waals surface area (Å²) < 4.78 is 1.52. The summed E-state index contributed by atoms with van der Waals surface area (Å²) in [6.45, 7) is 3.28. The molecular formula is C10H19N5O2. The zero-order valence-corrected chi connectivity index (χ0v) is 10.7. The van der Waals surface area contributed by atoms with Crippen molar-refractivity contribution in [1.29, 1.82) is 0 Å². The molecule has 7 heteroatoms. The summed E-state index contributed by atoms with van der Waals surface area (Å²) in [5.41, 5.74) is 0.505.